The Hall–Kier alpha value is -3.73. The Morgan fingerprint density at radius 3 is 2.54 bits per heavy atom. The Morgan fingerprint density at radius 1 is 1.03 bits per heavy atom. The molecule has 0 amide bonds. The number of fused-ring (bicyclic) bond motifs is 1. The number of aryl methyl sites for hydroxylation is 1. The molecule has 3 aromatic heterocycles. The van der Waals surface area contributed by atoms with Crippen molar-refractivity contribution in [1.82, 2.24) is 30.0 Å². The monoisotopic (exact) mass is 508 g/mol. The van der Waals surface area contributed by atoms with Gasteiger partial charge in [0.15, 0.2) is 23.2 Å². The number of nitrogens with one attached hydrogen (secondary N) is 3. The normalized spacial score (nSPS) is 16.6. The molecule has 4 aromatic rings. The molecule has 0 spiro atoms. The molecule has 2 fully saturated rings. The van der Waals surface area contributed by atoms with E-state index in [2.05, 4.69) is 54.1 Å². The minimum Gasteiger partial charge on any atom is -0.421 e. The average Bonchev–Trinajstić information content (AvgIpc) is 3.49. The van der Waals surface area contributed by atoms with Crippen LogP contribution in [0.3, 0.4) is 0 Å². The molecule has 3 N–H and O–H groups in total. The van der Waals surface area contributed by atoms with Crippen molar-refractivity contribution in [2.45, 2.75) is 45.6 Å². The fourth-order valence-electron chi connectivity index (χ4n) is 4.79. The number of anilines is 3. The number of benzene rings is 1. The largest absolute Gasteiger partial charge is 0.421 e. The van der Waals surface area contributed by atoms with Crippen LogP contribution in [0.15, 0.2) is 24.3 Å². The maximum atomic E-state index is 15.2. The van der Waals surface area contributed by atoms with Crippen LogP contribution in [0, 0.1) is 18.6 Å². The van der Waals surface area contributed by atoms with Crippen molar-refractivity contribution in [2.75, 3.05) is 36.4 Å². The molecular formula is C26H30F2N8O. The molecule has 0 unspecified atom stereocenters. The SMILES string of the molecule is Cc1cc2c(F)c(Oc3nc(Nc4cc(C5CC5)[nH]n4)cc(N4CCN(C(C)C)CC4)n3)cc(F)c2[nH]1. The molecule has 37 heavy (non-hydrogen) atoms. The van der Waals surface area contributed by atoms with E-state index in [0.29, 0.717) is 35.1 Å². The van der Waals surface area contributed by atoms with Crippen LogP contribution in [-0.2, 0) is 0 Å². The maximum absolute atomic E-state index is 15.2. The highest BCUT2D eigenvalue weighted by Crippen LogP contribution is 2.40. The molecule has 1 aliphatic carbocycles. The van der Waals surface area contributed by atoms with E-state index in [4.69, 9.17) is 4.74 Å². The number of H-pyrrole nitrogens is 2. The van der Waals surface area contributed by atoms with Gasteiger partial charge in [-0.1, -0.05) is 0 Å². The second-order valence-electron chi connectivity index (χ2n) is 10.1. The van der Waals surface area contributed by atoms with Crippen molar-refractivity contribution in [3.63, 3.8) is 0 Å². The van der Waals surface area contributed by atoms with Crippen molar-refractivity contribution in [1.29, 1.82) is 0 Å². The molecule has 1 aromatic carbocycles. The van der Waals surface area contributed by atoms with E-state index in [1.807, 2.05) is 12.1 Å². The topological polar surface area (TPSA) is 98.0 Å². The molecule has 194 valence electrons. The molecule has 2 aliphatic rings. The van der Waals surface area contributed by atoms with E-state index in [1.54, 1.807) is 13.0 Å². The third-order valence-electron chi connectivity index (χ3n) is 7.03. The van der Waals surface area contributed by atoms with Crippen LogP contribution < -0.4 is 15.0 Å². The second-order valence-corrected chi connectivity index (χ2v) is 10.1. The van der Waals surface area contributed by atoms with Gasteiger partial charge >= 0.3 is 6.01 Å². The number of hydrogen-bond donors (Lipinski definition) is 3. The Bertz CT molecular complexity index is 1440. The molecule has 0 bridgehead atoms. The minimum atomic E-state index is -0.670. The summed E-state index contributed by atoms with van der Waals surface area (Å²) < 4.78 is 35.7. The van der Waals surface area contributed by atoms with E-state index in [9.17, 15) is 4.39 Å². The average molecular weight is 509 g/mol. The summed E-state index contributed by atoms with van der Waals surface area (Å²) in [6, 6.07) is 6.77. The lowest BCUT2D eigenvalue weighted by Gasteiger charge is -2.37. The predicted octanol–water partition coefficient (Wildman–Crippen LogP) is 5.21. The van der Waals surface area contributed by atoms with Gasteiger partial charge in [-0.25, -0.2) is 8.78 Å². The number of aromatic amines is 2. The molecule has 9 nitrogen and oxygen atoms in total. The second kappa shape index (κ2) is 9.29. The zero-order valence-corrected chi connectivity index (χ0v) is 21.1. The maximum Gasteiger partial charge on any atom is 0.326 e. The lowest BCUT2D eigenvalue weighted by molar-refractivity contribution is 0.209. The smallest absolute Gasteiger partial charge is 0.326 e. The van der Waals surface area contributed by atoms with Crippen LogP contribution in [0.4, 0.5) is 26.2 Å². The van der Waals surface area contributed by atoms with Gasteiger partial charge in [-0.05, 0) is 39.7 Å². The molecule has 4 heterocycles. The number of halogens is 2. The van der Waals surface area contributed by atoms with E-state index in [1.165, 1.54) is 0 Å². The zero-order valence-electron chi connectivity index (χ0n) is 21.1. The first-order valence-electron chi connectivity index (χ1n) is 12.7. The summed E-state index contributed by atoms with van der Waals surface area (Å²) in [6.07, 6.45) is 2.32. The number of aromatic nitrogens is 5. The van der Waals surface area contributed by atoms with Crippen LogP contribution in [0.2, 0.25) is 0 Å². The Balaban J connectivity index is 1.32. The van der Waals surface area contributed by atoms with Gasteiger partial charge in [0.25, 0.3) is 0 Å². The van der Waals surface area contributed by atoms with Crippen LogP contribution in [-0.4, -0.2) is 62.3 Å². The lowest BCUT2D eigenvalue weighted by Crippen LogP contribution is -2.49. The Morgan fingerprint density at radius 2 is 1.81 bits per heavy atom. The van der Waals surface area contributed by atoms with Crippen molar-refractivity contribution in [3.8, 4) is 11.8 Å². The van der Waals surface area contributed by atoms with Crippen LogP contribution in [0.5, 0.6) is 11.8 Å². The van der Waals surface area contributed by atoms with Crippen LogP contribution in [0.1, 0.15) is 44.0 Å². The fraction of sp³-hybridized carbons (Fsp3) is 0.423. The number of hydrogen-bond acceptors (Lipinski definition) is 7. The molecule has 0 radical (unpaired) electrons. The van der Waals surface area contributed by atoms with Gasteiger partial charge in [-0.2, -0.15) is 15.1 Å². The molecule has 1 saturated heterocycles. The molecule has 1 aliphatic heterocycles. The highest BCUT2D eigenvalue weighted by Gasteiger charge is 2.26. The van der Waals surface area contributed by atoms with Gasteiger partial charge < -0.3 is 19.9 Å². The number of nitrogens with zero attached hydrogens (tertiary/aromatic N) is 5. The summed E-state index contributed by atoms with van der Waals surface area (Å²) in [7, 11) is 0. The van der Waals surface area contributed by atoms with Crippen molar-refractivity contribution in [2.24, 2.45) is 0 Å². The van der Waals surface area contributed by atoms with Gasteiger partial charge in [-0.15, -0.1) is 0 Å². The van der Waals surface area contributed by atoms with Gasteiger partial charge in [0.05, 0.1) is 5.52 Å². The van der Waals surface area contributed by atoms with Crippen molar-refractivity contribution in [3.05, 3.63) is 47.3 Å². The first-order chi connectivity index (χ1) is 17.8. The molecule has 1 saturated carbocycles. The summed E-state index contributed by atoms with van der Waals surface area (Å²) in [4.78, 5) is 16.4. The summed E-state index contributed by atoms with van der Waals surface area (Å²) in [6.45, 7) is 9.46. The van der Waals surface area contributed by atoms with E-state index >= 15 is 4.39 Å². The first-order valence-corrected chi connectivity index (χ1v) is 12.7. The summed E-state index contributed by atoms with van der Waals surface area (Å²) in [5.74, 6) is 0.716. The summed E-state index contributed by atoms with van der Waals surface area (Å²) >= 11 is 0. The zero-order chi connectivity index (χ0) is 25.7. The van der Waals surface area contributed by atoms with Gasteiger partial charge in [0, 0.05) is 73.1 Å². The molecule has 6 rings (SSSR count). The fourth-order valence-corrected chi connectivity index (χ4v) is 4.79. The Labute approximate surface area is 213 Å². The quantitative estimate of drug-likeness (QED) is 0.315. The van der Waals surface area contributed by atoms with Gasteiger partial charge in [0.1, 0.15) is 11.6 Å². The van der Waals surface area contributed by atoms with Crippen molar-refractivity contribution < 1.29 is 13.5 Å². The summed E-state index contributed by atoms with van der Waals surface area (Å²) in [5.41, 5.74) is 1.85. The van der Waals surface area contributed by atoms with E-state index in [0.717, 1.165) is 50.8 Å². The minimum absolute atomic E-state index is 0.0749. The standard InChI is InChI=1S/C26H30F2N8O/c1-14(2)35-6-8-36(9-7-35)23-13-21(30-22-12-19(33-34-22)16-4-5-16)31-26(32-23)37-20-11-18(27)25-17(24(20)28)10-15(3)29-25/h10-14,16,29H,4-9H2,1-3H3,(H2,30,31,32,33,34). The number of rotatable bonds is 7. The number of piperazine rings is 1. The summed E-state index contributed by atoms with van der Waals surface area (Å²) in [5, 5.41) is 10.8. The third-order valence-corrected chi connectivity index (χ3v) is 7.03. The van der Waals surface area contributed by atoms with E-state index < -0.39 is 11.6 Å². The predicted molar refractivity (Wildman–Crippen MR) is 138 cm³/mol. The van der Waals surface area contributed by atoms with Crippen LogP contribution >= 0.6 is 0 Å². The van der Waals surface area contributed by atoms with E-state index in [-0.39, 0.29) is 22.7 Å². The third kappa shape index (κ3) is 4.83. The highest BCUT2D eigenvalue weighted by molar-refractivity contribution is 5.83. The molecule has 0 atom stereocenters. The van der Waals surface area contributed by atoms with Gasteiger partial charge in [-0.3, -0.25) is 10.00 Å². The number of ether oxygens (including phenoxy) is 1. The Kier molecular flexibility index (Phi) is 5.94. The van der Waals surface area contributed by atoms with Crippen LogP contribution in [0.25, 0.3) is 10.9 Å². The highest BCUT2D eigenvalue weighted by atomic mass is 19.1. The first kappa shape index (κ1) is 23.7. The van der Waals surface area contributed by atoms with Crippen molar-refractivity contribution >= 4 is 28.4 Å². The van der Waals surface area contributed by atoms with Gasteiger partial charge in [0.2, 0.25) is 0 Å². The molecule has 11 heteroatoms. The lowest BCUT2D eigenvalue weighted by atomic mass is 10.2. The molecular weight excluding hydrogens is 478 g/mol.